The minimum atomic E-state index is 0.116. The number of nitrogens with zero attached hydrogens (tertiary/aromatic N) is 1. The van der Waals surface area contributed by atoms with E-state index in [1.165, 1.54) is 99.7 Å². The van der Waals surface area contributed by atoms with Crippen LogP contribution in [0.25, 0.3) is 33.0 Å². The first-order chi connectivity index (χ1) is 25.7. The Morgan fingerprint density at radius 3 is 2.08 bits per heavy atom. The average molecular weight is 688 g/mol. The van der Waals surface area contributed by atoms with Crippen molar-refractivity contribution in [2.45, 2.75) is 82.5 Å². The maximum atomic E-state index is 2.67. The van der Waals surface area contributed by atoms with Gasteiger partial charge in [-0.1, -0.05) is 125 Å². The molecule has 1 nitrogen and oxygen atoms in total. The smallest absolute Gasteiger partial charge is 0.0509 e. The summed E-state index contributed by atoms with van der Waals surface area (Å²) in [7, 11) is 0. The van der Waals surface area contributed by atoms with Crippen LogP contribution < -0.4 is 4.90 Å². The molecule has 0 N–H and O–H groups in total. The highest BCUT2D eigenvalue weighted by Gasteiger charge is 2.84. The molecule has 6 unspecified atom stereocenters. The summed E-state index contributed by atoms with van der Waals surface area (Å²) in [5, 5.41) is 2.60. The molecular weight excluding hydrogens is 639 g/mol. The average Bonchev–Trinajstić information content (AvgIpc) is 3.81. The summed E-state index contributed by atoms with van der Waals surface area (Å²) in [4.78, 5) is 2.67. The molecule has 0 aliphatic heterocycles. The van der Waals surface area contributed by atoms with Crippen LogP contribution in [0.2, 0.25) is 0 Å². The van der Waals surface area contributed by atoms with Crippen molar-refractivity contribution >= 4 is 27.8 Å². The van der Waals surface area contributed by atoms with Crippen LogP contribution >= 0.6 is 0 Å². The number of hydrogen-bond donors (Lipinski definition) is 0. The van der Waals surface area contributed by atoms with Gasteiger partial charge in [-0.15, -0.1) is 0 Å². The fraction of sp³-hybridized carbons (Fsp3) is 0.346. The van der Waals surface area contributed by atoms with Gasteiger partial charge in [0.25, 0.3) is 0 Å². The zero-order valence-electron chi connectivity index (χ0n) is 31.6. The molecule has 0 aromatic heterocycles. The van der Waals surface area contributed by atoms with Crippen molar-refractivity contribution in [1.29, 1.82) is 0 Å². The van der Waals surface area contributed by atoms with Gasteiger partial charge < -0.3 is 4.90 Å². The molecule has 6 aliphatic rings. The molecule has 6 aliphatic carbocycles. The molecule has 1 heteroatoms. The van der Waals surface area contributed by atoms with Crippen LogP contribution in [0.15, 0.2) is 127 Å². The highest BCUT2D eigenvalue weighted by molar-refractivity contribution is 5.97. The number of rotatable bonds is 4. The first kappa shape index (κ1) is 30.8. The van der Waals surface area contributed by atoms with Gasteiger partial charge in [0.1, 0.15) is 0 Å². The van der Waals surface area contributed by atoms with E-state index >= 15 is 0 Å². The molecule has 0 radical (unpaired) electrons. The lowest BCUT2D eigenvalue weighted by Crippen LogP contribution is -2.73. The van der Waals surface area contributed by atoms with Crippen LogP contribution in [0.3, 0.4) is 0 Å². The van der Waals surface area contributed by atoms with Crippen molar-refractivity contribution in [1.82, 2.24) is 0 Å². The molecule has 4 fully saturated rings. The van der Waals surface area contributed by atoms with Crippen molar-refractivity contribution in [3.05, 3.63) is 150 Å². The fourth-order valence-corrected chi connectivity index (χ4v) is 14.0. The topological polar surface area (TPSA) is 3.24 Å². The van der Waals surface area contributed by atoms with E-state index in [1.807, 2.05) is 0 Å². The highest BCUT2D eigenvalue weighted by atomic mass is 15.1. The van der Waals surface area contributed by atoms with E-state index in [2.05, 4.69) is 160 Å². The summed E-state index contributed by atoms with van der Waals surface area (Å²) < 4.78 is 0. The lowest BCUT2D eigenvalue weighted by atomic mass is 9.26. The van der Waals surface area contributed by atoms with Gasteiger partial charge in [-0.3, -0.25) is 0 Å². The molecule has 262 valence electrons. The van der Waals surface area contributed by atoms with Gasteiger partial charge in [0, 0.05) is 16.8 Å². The van der Waals surface area contributed by atoms with Crippen molar-refractivity contribution in [3.8, 4) is 22.3 Å². The number of anilines is 3. The zero-order valence-corrected chi connectivity index (χ0v) is 31.6. The first-order valence-corrected chi connectivity index (χ1v) is 20.5. The van der Waals surface area contributed by atoms with E-state index in [1.54, 1.807) is 11.1 Å². The summed E-state index contributed by atoms with van der Waals surface area (Å²) >= 11 is 0. The maximum absolute atomic E-state index is 2.67. The van der Waals surface area contributed by atoms with Gasteiger partial charge in [-0.05, 0) is 164 Å². The standard InChI is InChI=1S/C52H49N/c1-49(2)25-26-50(3,4)44-30-37(23-24-43(44)49)53(36-21-19-34(20-22-36)39-15-9-12-33-11-5-6-13-38(33)39)45-18-10-16-41-40-14-7-8-17-42(40)52(48(41)45)46-28-32-27-35-29-47(52)51(35,46)31-32/h5-24,30,32,35,46-47H,25-29,31H2,1-4H3. The Balaban J connectivity index is 1.09. The molecule has 6 atom stereocenters. The van der Waals surface area contributed by atoms with E-state index in [0.29, 0.717) is 5.41 Å². The van der Waals surface area contributed by atoms with E-state index in [4.69, 9.17) is 0 Å². The Kier molecular flexibility index (Phi) is 5.88. The van der Waals surface area contributed by atoms with Crippen LogP contribution in [0, 0.1) is 29.1 Å². The third-order valence-electron chi connectivity index (χ3n) is 16.2. The predicted octanol–water partition coefficient (Wildman–Crippen LogP) is 13.7. The normalized spacial score (nSPS) is 29.9. The molecule has 0 saturated heterocycles. The molecule has 0 amide bonds. The number of fused-ring (bicyclic) bond motifs is 10. The maximum Gasteiger partial charge on any atom is 0.0509 e. The van der Waals surface area contributed by atoms with E-state index < -0.39 is 0 Å². The van der Waals surface area contributed by atoms with Gasteiger partial charge in [0.2, 0.25) is 0 Å². The summed E-state index contributed by atoms with van der Waals surface area (Å²) in [5.74, 6) is 3.43. The Bertz CT molecular complexity index is 2510. The van der Waals surface area contributed by atoms with Gasteiger partial charge in [0.15, 0.2) is 0 Å². The van der Waals surface area contributed by atoms with Crippen molar-refractivity contribution in [3.63, 3.8) is 0 Å². The Hall–Kier alpha value is -4.62. The molecular formula is C52H49N. The third kappa shape index (κ3) is 3.70. The van der Waals surface area contributed by atoms with Crippen LogP contribution in [0.1, 0.15) is 88.5 Å². The second-order valence-electron chi connectivity index (χ2n) is 19.2. The predicted molar refractivity (Wildman–Crippen MR) is 220 cm³/mol. The molecule has 12 rings (SSSR count). The Labute approximate surface area is 315 Å². The second kappa shape index (κ2) is 10.1. The summed E-state index contributed by atoms with van der Waals surface area (Å²) in [6.45, 7) is 9.83. The third-order valence-corrected chi connectivity index (χ3v) is 16.2. The number of benzene rings is 6. The van der Waals surface area contributed by atoms with Crippen molar-refractivity contribution in [2.24, 2.45) is 29.1 Å². The van der Waals surface area contributed by atoms with Crippen LogP contribution in [0.5, 0.6) is 0 Å². The number of hydrogen-bond acceptors (Lipinski definition) is 1. The Morgan fingerprint density at radius 1 is 0.547 bits per heavy atom. The Morgan fingerprint density at radius 2 is 1.23 bits per heavy atom. The first-order valence-electron chi connectivity index (χ1n) is 20.5. The zero-order chi connectivity index (χ0) is 35.5. The summed E-state index contributed by atoms with van der Waals surface area (Å²) in [6, 6.07) is 49.4. The lowest BCUT2D eigenvalue weighted by molar-refractivity contribution is -0.231. The van der Waals surface area contributed by atoms with E-state index in [-0.39, 0.29) is 16.2 Å². The molecule has 4 saturated carbocycles. The van der Waals surface area contributed by atoms with Gasteiger partial charge in [-0.25, -0.2) is 0 Å². The molecule has 2 bridgehead atoms. The molecule has 0 heterocycles. The van der Waals surface area contributed by atoms with Crippen molar-refractivity contribution < 1.29 is 0 Å². The van der Waals surface area contributed by atoms with Crippen LogP contribution in [0.4, 0.5) is 17.1 Å². The monoisotopic (exact) mass is 687 g/mol. The van der Waals surface area contributed by atoms with Crippen molar-refractivity contribution in [2.75, 3.05) is 4.90 Å². The fourth-order valence-electron chi connectivity index (χ4n) is 14.0. The van der Waals surface area contributed by atoms with Gasteiger partial charge in [0.05, 0.1) is 5.69 Å². The summed E-state index contributed by atoms with van der Waals surface area (Å²) in [6.07, 6.45) is 8.25. The minimum absolute atomic E-state index is 0.116. The largest absolute Gasteiger partial charge is 0.310 e. The SMILES string of the molecule is CC1(C)CCC(C)(C)c2cc(N(c3ccc(-c4cccc5ccccc45)cc3)c3cccc4c3C3(c5ccccc5-4)C4CC5CC6CC3C64C5)ccc21. The van der Waals surface area contributed by atoms with Gasteiger partial charge >= 0.3 is 0 Å². The van der Waals surface area contributed by atoms with E-state index in [9.17, 15) is 0 Å². The molecule has 6 aromatic rings. The molecule has 6 aromatic carbocycles. The quantitative estimate of drug-likeness (QED) is 0.178. The summed E-state index contributed by atoms with van der Waals surface area (Å²) in [5.41, 5.74) is 16.8. The lowest BCUT2D eigenvalue weighted by Gasteiger charge is -2.76. The van der Waals surface area contributed by atoms with Gasteiger partial charge in [-0.2, -0.15) is 0 Å². The second-order valence-corrected chi connectivity index (χ2v) is 19.2. The van der Waals surface area contributed by atoms with Crippen LogP contribution in [-0.4, -0.2) is 0 Å². The minimum Gasteiger partial charge on any atom is -0.310 e. The molecule has 53 heavy (non-hydrogen) atoms. The highest BCUT2D eigenvalue weighted by Crippen LogP contribution is 2.90. The van der Waals surface area contributed by atoms with Crippen LogP contribution in [-0.2, 0) is 16.2 Å². The van der Waals surface area contributed by atoms with E-state index in [0.717, 1.165) is 23.7 Å². The molecule has 2 spiro atoms.